The standard InChI is InChI=1S/2C27H23O2.C2H6Si.2ClH.Zr/c2*1-16-9-10-19-13-22(27-23-8-6-5-7-20(23)15-29-27)14-24(19)25(16)21-11-17(2)26(28-4)18(3)12-21;1-3-2;;;/h2*5-15H,1-4H3;1-2H3;2*1H;/q2*-1;;;;+2/p-2. The molecule has 10 aromatic rings. The van der Waals surface area contributed by atoms with Gasteiger partial charge in [-0.3, -0.25) is 0 Å². The second kappa shape index (κ2) is 19.2. The molecule has 2 aromatic heterocycles. The minimum atomic E-state index is -1.65. The number of aryl methyl sites for hydroxylation is 6. The van der Waals surface area contributed by atoms with Crippen LogP contribution in [0, 0.1) is 41.5 Å². The molecule has 0 radical (unpaired) electrons. The molecule has 0 fully saturated rings. The first-order chi connectivity index (χ1) is 30.8. The maximum absolute atomic E-state index is 5.96. The zero-order valence-corrected chi connectivity index (χ0v) is 43.1. The van der Waals surface area contributed by atoms with Crippen molar-refractivity contribution in [1.29, 1.82) is 0 Å². The van der Waals surface area contributed by atoms with Crippen molar-refractivity contribution in [2.45, 2.75) is 54.6 Å². The van der Waals surface area contributed by atoms with Crippen LogP contribution in [0.25, 0.3) is 88.0 Å². The average molecular weight is 979 g/mol. The fraction of sp³-hybridized carbons (Fsp3) is 0.179. The Morgan fingerprint density at radius 1 is 0.484 bits per heavy atom. The summed E-state index contributed by atoms with van der Waals surface area (Å²) in [7, 11) is 14.7. The molecule has 8 aromatic carbocycles. The molecule has 0 bridgehead atoms. The average Bonchev–Trinajstić information content (AvgIpc) is 4.08. The Labute approximate surface area is 391 Å². The Balaban J connectivity index is 0.000000156. The van der Waals surface area contributed by atoms with E-state index < -0.39 is 18.0 Å². The van der Waals surface area contributed by atoms with E-state index in [0.29, 0.717) is 0 Å². The van der Waals surface area contributed by atoms with Crippen LogP contribution in [0.2, 0.25) is 13.1 Å². The molecule has 0 N–H and O–H groups in total. The molecule has 0 aliphatic rings. The molecule has 2 heterocycles. The summed E-state index contributed by atoms with van der Waals surface area (Å²) in [5.74, 6) is 3.79. The van der Waals surface area contributed by atoms with Crippen molar-refractivity contribution in [2.75, 3.05) is 14.2 Å². The van der Waals surface area contributed by atoms with Gasteiger partial charge in [0.2, 0.25) is 0 Å². The molecule has 0 saturated heterocycles. The molecule has 0 saturated carbocycles. The van der Waals surface area contributed by atoms with Crippen molar-refractivity contribution < 1.29 is 36.3 Å². The summed E-state index contributed by atoms with van der Waals surface area (Å²) in [5.41, 5.74) is 14.2. The van der Waals surface area contributed by atoms with Crippen molar-refractivity contribution in [3.05, 3.63) is 167 Å². The van der Waals surface area contributed by atoms with Crippen molar-refractivity contribution >= 4 is 65.5 Å². The van der Waals surface area contributed by atoms with Gasteiger partial charge in [0.1, 0.15) is 11.5 Å². The van der Waals surface area contributed by atoms with Gasteiger partial charge in [0.15, 0.2) is 0 Å². The number of fused-ring (bicyclic) bond motifs is 4. The summed E-state index contributed by atoms with van der Waals surface area (Å²) in [6, 6.07) is 43.3. The van der Waals surface area contributed by atoms with Crippen LogP contribution in [0.1, 0.15) is 33.4 Å². The predicted octanol–water partition coefficient (Wildman–Crippen LogP) is 17.3. The third-order valence-corrected chi connectivity index (χ3v) is 31.8. The van der Waals surface area contributed by atoms with Gasteiger partial charge in [-0.15, -0.1) is 57.9 Å². The molecule has 8 heteroatoms. The van der Waals surface area contributed by atoms with E-state index in [4.69, 9.17) is 35.3 Å². The van der Waals surface area contributed by atoms with Crippen LogP contribution in [-0.2, 0) is 18.0 Å². The molecular weight excluding hydrogens is 927 g/mol. The fourth-order valence-electron chi connectivity index (χ4n) is 9.08. The van der Waals surface area contributed by atoms with E-state index in [1.54, 1.807) is 14.2 Å². The Morgan fingerprint density at radius 2 is 0.844 bits per heavy atom. The van der Waals surface area contributed by atoms with Crippen molar-refractivity contribution in [2.24, 2.45) is 0 Å². The summed E-state index contributed by atoms with van der Waals surface area (Å²) >= 11 is -1.65. The molecule has 0 atom stereocenters. The number of benzene rings is 6. The van der Waals surface area contributed by atoms with Crippen molar-refractivity contribution in [1.82, 2.24) is 0 Å². The van der Waals surface area contributed by atoms with Crippen molar-refractivity contribution in [3.8, 4) is 56.4 Å². The number of ether oxygens (including phenoxy) is 2. The normalized spacial score (nSPS) is 11.1. The first-order valence-electron chi connectivity index (χ1n) is 21.4. The molecule has 0 unspecified atom stereocenters. The first kappa shape index (κ1) is 45.5. The minimum absolute atomic E-state index is 0.224. The van der Waals surface area contributed by atoms with Gasteiger partial charge < -0.3 is 18.3 Å². The second-order valence-electron chi connectivity index (χ2n) is 16.9. The predicted molar refractivity (Wildman–Crippen MR) is 271 cm³/mol. The monoisotopic (exact) mass is 976 g/mol. The van der Waals surface area contributed by atoms with E-state index in [-0.39, 0.29) is 5.43 Å². The third kappa shape index (κ3) is 8.96. The SMILES string of the molecule is COc1c(C)cc(-c2c(C)ccc3[cH-]c(-c4occ5ccccc45)cc23)cc1C.COc1c(C)cc(-c2c(C)ccc3[cH-]c(-c4occ5ccccc45)cc23)cc1C.C[Si](C)=[Zr]([Cl])[Cl]. The van der Waals surface area contributed by atoms with Crippen LogP contribution < -0.4 is 9.47 Å². The number of furan rings is 2. The Bertz CT molecular complexity index is 3100. The fourth-order valence-corrected chi connectivity index (χ4v) is 9.08. The van der Waals surface area contributed by atoms with Gasteiger partial charge in [0.25, 0.3) is 0 Å². The summed E-state index contributed by atoms with van der Waals surface area (Å²) in [4.78, 5) is 0. The number of halogens is 2. The molecular formula is C56H52Cl2O4SiZr-2. The molecule has 0 aliphatic carbocycles. The van der Waals surface area contributed by atoms with Crippen LogP contribution in [0.5, 0.6) is 11.5 Å². The van der Waals surface area contributed by atoms with E-state index in [9.17, 15) is 0 Å². The molecule has 0 amide bonds. The maximum atomic E-state index is 5.96. The van der Waals surface area contributed by atoms with E-state index >= 15 is 0 Å². The molecule has 10 rings (SSSR count). The van der Waals surface area contributed by atoms with Gasteiger partial charge in [-0.25, -0.2) is 0 Å². The zero-order valence-electron chi connectivity index (χ0n) is 38.1. The van der Waals surface area contributed by atoms with Crippen LogP contribution in [0.3, 0.4) is 0 Å². The number of hydrogen-bond donors (Lipinski definition) is 0. The second-order valence-corrected chi connectivity index (χ2v) is 39.8. The summed E-state index contributed by atoms with van der Waals surface area (Å²) in [5, 5.41) is 9.53. The van der Waals surface area contributed by atoms with Gasteiger partial charge in [-0.2, -0.15) is 0 Å². The Hall–Kier alpha value is -5.10. The Kier molecular flexibility index (Phi) is 13.6. The molecule has 64 heavy (non-hydrogen) atoms. The number of hydrogen-bond acceptors (Lipinski definition) is 4. The van der Waals surface area contributed by atoms with Gasteiger partial charge in [0, 0.05) is 10.8 Å². The van der Waals surface area contributed by atoms with Gasteiger partial charge >= 0.3 is 53.5 Å². The third-order valence-electron chi connectivity index (χ3n) is 12.0. The van der Waals surface area contributed by atoms with Crippen LogP contribution in [-0.4, -0.2) is 19.7 Å². The van der Waals surface area contributed by atoms with E-state index in [1.807, 2.05) is 24.7 Å². The van der Waals surface area contributed by atoms with E-state index in [1.165, 1.54) is 54.9 Å². The van der Waals surface area contributed by atoms with Gasteiger partial charge in [-0.1, -0.05) is 82.9 Å². The Morgan fingerprint density at radius 3 is 1.19 bits per heavy atom. The summed E-state index contributed by atoms with van der Waals surface area (Å²) in [6.45, 7) is 17.1. The van der Waals surface area contributed by atoms with Crippen LogP contribution in [0.15, 0.2) is 143 Å². The quantitative estimate of drug-likeness (QED) is 0.123. The number of rotatable bonds is 6. The van der Waals surface area contributed by atoms with Gasteiger partial charge in [0.05, 0.1) is 38.3 Å². The molecule has 4 nitrogen and oxygen atoms in total. The van der Waals surface area contributed by atoms with Crippen LogP contribution in [0.4, 0.5) is 0 Å². The molecule has 324 valence electrons. The zero-order chi connectivity index (χ0) is 45.4. The topological polar surface area (TPSA) is 44.7 Å². The van der Waals surface area contributed by atoms with E-state index in [0.717, 1.165) is 77.9 Å². The van der Waals surface area contributed by atoms with Crippen LogP contribution >= 0.6 is 17.0 Å². The van der Waals surface area contributed by atoms with E-state index in [2.05, 4.69) is 164 Å². The number of methoxy groups -OCH3 is 2. The molecule has 0 aliphatic heterocycles. The summed E-state index contributed by atoms with van der Waals surface area (Å²) < 4.78 is 23.0. The van der Waals surface area contributed by atoms with Crippen molar-refractivity contribution in [3.63, 3.8) is 0 Å². The molecule has 0 spiro atoms. The van der Waals surface area contributed by atoms with Gasteiger partial charge in [-0.05, 0) is 121 Å². The summed E-state index contributed by atoms with van der Waals surface area (Å²) in [6.07, 6.45) is 3.68. The first-order valence-corrected chi connectivity index (χ1v) is 33.9.